The van der Waals surface area contributed by atoms with Crippen LogP contribution in [-0.4, -0.2) is 109 Å². The third kappa shape index (κ3) is 11.2. The zero-order valence-electron chi connectivity index (χ0n) is 34.8. The molecule has 6 aromatic rings. The number of fused-ring (bicyclic) bond motifs is 2. The molecular weight excluding hydrogens is 814 g/mol. The zero-order chi connectivity index (χ0) is 43.8. The Kier molecular flexibility index (Phi) is 14.0. The Morgan fingerprint density at radius 2 is 1.21 bits per heavy atom. The van der Waals surface area contributed by atoms with E-state index in [9.17, 15) is 14.4 Å². The van der Waals surface area contributed by atoms with E-state index in [2.05, 4.69) is 45.0 Å². The molecule has 5 N–H and O–H groups in total. The maximum absolute atomic E-state index is 12.0. The molecular formula is C43H48ClN13O5. The highest BCUT2D eigenvalue weighted by Gasteiger charge is 2.29. The van der Waals surface area contributed by atoms with E-state index in [4.69, 9.17) is 42.5 Å². The molecule has 1 saturated carbocycles. The van der Waals surface area contributed by atoms with Crippen molar-refractivity contribution in [2.24, 2.45) is 11.8 Å². The van der Waals surface area contributed by atoms with Crippen LogP contribution in [0.15, 0.2) is 60.9 Å². The van der Waals surface area contributed by atoms with Gasteiger partial charge in [-0.2, -0.15) is 19.9 Å². The van der Waals surface area contributed by atoms with Crippen LogP contribution in [0.3, 0.4) is 0 Å². The normalized spacial score (nSPS) is 15.0. The number of ketones is 1. The Hall–Kier alpha value is -6.50. The molecule has 19 heteroatoms. The van der Waals surface area contributed by atoms with Gasteiger partial charge in [0.25, 0.3) is 0 Å². The number of anilines is 5. The predicted molar refractivity (Wildman–Crippen MR) is 237 cm³/mol. The number of morpholine rings is 2. The lowest BCUT2D eigenvalue weighted by Gasteiger charge is -2.28. The molecule has 3 aliphatic rings. The maximum atomic E-state index is 12.0. The number of carbonyl (C=O) groups is 3. The number of nitrogens with two attached hydrogens (primary N) is 2. The van der Waals surface area contributed by atoms with Crippen LogP contribution < -0.4 is 26.6 Å². The van der Waals surface area contributed by atoms with Crippen LogP contribution in [0.5, 0.6) is 0 Å². The molecule has 0 spiro atoms. The molecule has 322 valence electrons. The first-order valence-corrected chi connectivity index (χ1v) is 20.7. The second-order valence-electron chi connectivity index (χ2n) is 15.2. The van der Waals surface area contributed by atoms with E-state index >= 15 is 0 Å². The summed E-state index contributed by atoms with van der Waals surface area (Å²) in [5, 5.41) is 2.36. The third-order valence-corrected chi connectivity index (χ3v) is 10.5. The van der Waals surface area contributed by atoms with Crippen LogP contribution in [0.25, 0.3) is 44.8 Å². The quantitative estimate of drug-likeness (QED) is 0.129. The summed E-state index contributed by atoms with van der Waals surface area (Å²) in [4.78, 5) is 73.5. The minimum absolute atomic E-state index is 0.0216. The molecule has 1 aliphatic carbocycles. The highest BCUT2D eigenvalue weighted by Crippen LogP contribution is 2.32. The van der Waals surface area contributed by atoms with Crippen LogP contribution in [0.2, 0.25) is 0 Å². The SMILES string of the molecule is CC(=O)Nc1nc(N2CCOCC2)c2nc(-c3ccc(N)cc3)cnc2n1.CC(C)C(=O)Cl.Nc1nc(N2CCOCC2)c2nc(-c3ccc(CC(=O)C4CC4)cc3)cnc2n1. The second-order valence-corrected chi connectivity index (χ2v) is 15.6. The van der Waals surface area contributed by atoms with Gasteiger partial charge in [-0.15, -0.1) is 0 Å². The molecule has 0 atom stereocenters. The molecule has 0 unspecified atom stereocenters. The Labute approximate surface area is 362 Å². The first-order valence-electron chi connectivity index (χ1n) is 20.4. The first-order chi connectivity index (χ1) is 29.9. The first kappa shape index (κ1) is 43.6. The topological polar surface area (TPSA) is 243 Å². The van der Waals surface area contributed by atoms with E-state index in [-0.39, 0.29) is 34.9 Å². The Morgan fingerprint density at radius 1 is 0.726 bits per heavy atom. The molecule has 2 saturated heterocycles. The lowest BCUT2D eigenvalue weighted by Crippen LogP contribution is -2.37. The lowest BCUT2D eigenvalue weighted by molar-refractivity contribution is -0.119. The molecule has 0 bridgehead atoms. The Bertz CT molecular complexity index is 2550. The highest BCUT2D eigenvalue weighted by molar-refractivity contribution is 6.63. The summed E-state index contributed by atoms with van der Waals surface area (Å²) >= 11 is 4.97. The number of amides is 1. The van der Waals surface area contributed by atoms with Crippen LogP contribution in [0.1, 0.15) is 39.2 Å². The average Bonchev–Trinajstić information content (AvgIpc) is 4.13. The number of nitrogens with zero attached hydrogens (tertiary/aromatic N) is 10. The van der Waals surface area contributed by atoms with Gasteiger partial charge < -0.3 is 30.7 Å². The fourth-order valence-electron chi connectivity index (χ4n) is 6.48. The fraction of sp³-hybridized carbons (Fsp3) is 0.372. The van der Waals surface area contributed by atoms with Gasteiger partial charge in [0.1, 0.15) is 5.78 Å². The molecule has 2 aromatic carbocycles. The number of aromatic nitrogens is 8. The van der Waals surface area contributed by atoms with Crippen LogP contribution in [-0.2, 0) is 30.3 Å². The van der Waals surface area contributed by atoms with Gasteiger partial charge in [-0.05, 0) is 42.1 Å². The maximum Gasteiger partial charge on any atom is 0.233 e. The highest BCUT2D eigenvalue weighted by atomic mass is 35.5. The molecule has 62 heavy (non-hydrogen) atoms. The monoisotopic (exact) mass is 861 g/mol. The van der Waals surface area contributed by atoms with E-state index in [1.807, 2.05) is 48.5 Å². The number of carbonyl (C=O) groups excluding carboxylic acids is 3. The van der Waals surface area contributed by atoms with Crippen LogP contribution in [0.4, 0.5) is 29.2 Å². The Balaban J connectivity index is 0.000000165. The molecule has 0 radical (unpaired) electrons. The van der Waals surface area contributed by atoms with Crippen molar-refractivity contribution in [1.82, 2.24) is 39.9 Å². The molecule has 4 aromatic heterocycles. The number of ether oxygens (including phenoxy) is 2. The molecule has 9 rings (SSSR count). The number of benzene rings is 2. The van der Waals surface area contributed by atoms with Gasteiger partial charge in [0.15, 0.2) is 34.0 Å². The van der Waals surface area contributed by atoms with E-state index in [0.29, 0.717) is 97.1 Å². The summed E-state index contributed by atoms with van der Waals surface area (Å²) in [5.74, 6) is 2.09. The van der Waals surface area contributed by atoms with Gasteiger partial charge in [0.2, 0.25) is 23.0 Å². The number of hydrogen-bond donors (Lipinski definition) is 3. The van der Waals surface area contributed by atoms with Crippen molar-refractivity contribution in [3.63, 3.8) is 0 Å². The largest absolute Gasteiger partial charge is 0.399 e. The van der Waals surface area contributed by atoms with Gasteiger partial charge >= 0.3 is 0 Å². The predicted octanol–water partition coefficient (Wildman–Crippen LogP) is 4.90. The fourth-order valence-corrected chi connectivity index (χ4v) is 6.48. The molecule has 2 aliphatic heterocycles. The van der Waals surface area contributed by atoms with Crippen molar-refractivity contribution in [3.8, 4) is 22.5 Å². The molecule has 6 heterocycles. The number of Topliss-reactive ketones (excluding diaryl/α,β-unsaturated/α-hetero) is 1. The van der Waals surface area contributed by atoms with E-state index < -0.39 is 0 Å². The second kappa shape index (κ2) is 19.9. The van der Waals surface area contributed by atoms with Gasteiger partial charge in [-0.1, -0.05) is 50.2 Å². The average molecular weight is 862 g/mol. The molecule has 3 fully saturated rings. The van der Waals surface area contributed by atoms with Crippen molar-refractivity contribution in [2.45, 2.75) is 40.0 Å². The number of hydrogen-bond acceptors (Lipinski definition) is 17. The summed E-state index contributed by atoms with van der Waals surface area (Å²) in [7, 11) is 0. The van der Waals surface area contributed by atoms with E-state index in [1.54, 1.807) is 26.2 Å². The summed E-state index contributed by atoms with van der Waals surface area (Å²) < 4.78 is 10.9. The number of halogens is 1. The molecule has 1 amide bonds. The smallest absolute Gasteiger partial charge is 0.233 e. The van der Waals surface area contributed by atoms with Gasteiger partial charge in [0, 0.05) is 68.2 Å². The summed E-state index contributed by atoms with van der Waals surface area (Å²) in [5.41, 5.74) is 18.8. The zero-order valence-corrected chi connectivity index (χ0v) is 35.5. The van der Waals surface area contributed by atoms with Crippen LogP contribution in [0, 0.1) is 11.8 Å². The van der Waals surface area contributed by atoms with Crippen molar-refractivity contribution >= 4 is 80.1 Å². The molecule has 18 nitrogen and oxygen atoms in total. The van der Waals surface area contributed by atoms with Gasteiger partial charge in [0.05, 0.1) is 50.2 Å². The van der Waals surface area contributed by atoms with Crippen molar-refractivity contribution < 1.29 is 23.9 Å². The summed E-state index contributed by atoms with van der Waals surface area (Å²) in [6.45, 7) is 10.2. The van der Waals surface area contributed by atoms with E-state index in [1.165, 1.54) is 6.92 Å². The van der Waals surface area contributed by atoms with E-state index in [0.717, 1.165) is 48.3 Å². The van der Waals surface area contributed by atoms with Crippen molar-refractivity contribution in [1.29, 1.82) is 0 Å². The third-order valence-electron chi connectivity index (χ3n) is 10.0. The minimum atomic E-state index is -0.269. The van der Waals surface area contributed by atoms with Crippen molar-refractivity contribution in [3.05, 3.63) is 66.5 Å². The van der Waals surface area contributed by atoms with Crippen molar-refractivity contribution in [2.75, 3.05) is 79.2 Å². The summed E-state index contributed by atoms with van der Waals surface area (Å²) in [6.07, 6.45) is 5.94. The number of nitrogens with one attached hydrogen (secondary N) is 1. The Morgan fingerprint density at radius 3 is 1.69 bits per heavy atom. The van der Waals surface area contributed by atoms with Crippen LogP contribution >= 0.6 is 11.6 Å². The lowest BCUT2D eigenvalue weighted by atomic mass is 10.0. The number of rotatable bonds is 9. The van der Waals surface area contributed by atoms with Gasteiger partial charge in [-0.3, -0.25) is 19.7 Å². The number of nitrogen functional groups attached to an aromatic ring is 2. The standard InChI is InChI=1S/C21H22N6O2.C18H19N7O2.C4H7ClO/c22-21-25-19-18(20(26-21)27-7-9-29-10-8-27)24-16(12-23-19)14-3-1-13(2-4-14)11-17(28)15-5-6-15;1-11(26)21-18-23-16-15(17(24-18)25-6-8-27-9-7-25)22-14(10-20-16)12-2-4-13(19)5-3-12;1-3(2)4(5)6/h1-4,12,15H,5-11H2,(H2,22,23,25,26);2-5,10H,6-9,19H2,1H3,(H,20,21,23,24,26);3H,1-2H3. The summed E-state index contributed by atoms with van der Waals surface area (Å²) in [6, 6.07) is 15.4. The van der Waals surface area contributed by atoms with Gasteiger partial charge in [-0.25, -0.2) is 19.9 Å². The minimum Gasteiger partial charge on any atom is -0.399 e.